The monoisotopic (exact) mass is 436 g/mol. The molecule has 8 heteroatoms. The summed E-state index contributed by atoms with van der Waals surface area (Å²) in [7, 11) is 1.55. The maximum atomic E-state index is 11.9. The molecule has 2 heterocycles. The lowest BCUT2D eigenvalue weighted by atomic mass is 9.98. The SMILES string of the molecule is COCC(=O)N1CCC(COc2ccc3c(nnn3CC3CC3)c2Br)CC1. The molecule has 1 aliphatic heterocycles. The third kappa shape index (κ3) is 4.27. The molecule has 0 bridgehead atoms. The summed E-state index contributed by atoms with van der Waals surface area (Å²) in [6.45, 7) is 3.30. The Morgan fingerprint density at radius 2 is 2.00 bits per heavy atom. The molecule has 0 radical (unpaired) electrons. The molecule has 1 saturated heterocycles. The fourth-order valence-electron chi connectivity index (χ4n) is 3.55. The Morgan fingerprint density at radius 3 is 2.70 bits per heavy atom. The zero-order chi connectivity index (χ0) is 18.8. The van der Waals surface area contributed by atoms with Crippen LogP contribution in [0.4, 0.5) is 0 Å². The summed E-state index contributed by atoms with van der Waals surface area (Å²) in [5, 5.41) is 8.63. The van der Waals surface area contributed by atoms with Gasteiger partial charge in [-0.1, -0.05) is 5.21 Å². The largest absolute Gasteiger partial charge is 0.492 e. The highest BCUT2D eigenvalue weighted by Crippen LogP contribution is 2.35. The van der Waals surface area contributed by atoms with Gasteiger partial charge in [-0.2, -0.15) is 0 Å². The maximum Gasteiger partial charge on any atom is 0.248 e. The first-order chi connectivity index (χ1) is 13.2. The van der Waals surface area contributed by atoms with Gasteiger partial charge in [0.1, 0.15) is 17.9 Å². The Labute approximate surface area is 167 Å². The lowest BCUT2D eigenvalue weighted by molar-refractivity contribution is -0.136. The molecular formula is C19H25BrN4O3. The van der Waals surface area contributed by atoms with Gasteiger partial charge in [-0.05, 0) is 65.6 Å². The zero-order valence-electron chi connectivity index (χ0n) is 15.6. The maximum absolute atomic E-state index is 11.9. The topological polar surface area (TPSA) is 69.5 Å². The summed E-state index contributed by atoms with van der Waals surface area (Å²) in [4.78, 5) is 13.7. The van der Waals surface area contributed by atoms with Crippen LogP contribution in [0.5, 0.6) is 5.75 Å². The molecule has 2 fully saturated rings. The van der Waals surface area contributed by atoms with Crippen LogP contribution in [0.25, 0.3) is 11.0 Å². The molecule has 7 nitrogen and oxygen atoms in total. The Bertz CT molecular complexity index is 813. The number of fused-ring (bicyclic) bond motifs is 1. The molecule has 2 aliphatic rings. The summed E-state index contributed by atoms with van der Waals surface area (Å²) in [5.41, 5.74) is 1.90. The van der Waals surface area contributed by atoms with E-state index in [9.17, 15) is 4.79 Å². The zero-order valence-corrected chi connectivity index (χ0v) is 17.2. The minimum Gasteiger partial charge on any atom is -0.492 e. The summed E-state index contributed by atoms with van der Waals surface area (Å²) in [5.74, 6) is 2.08. The van der Waals surface area contributed by atoms with E-state index in [1.54, 1.807) is 7.11 Å². The number of nitrogens with zero attached hydrogens (tertiary/aromatic N) is 4. The van der Waals surface area contributed by atoms with Gasteiger partial charge in [-0.3, -0.25) is 4.79 Å². The number of carbonyl (C=O) groups is 1. The van der Waals surface area contributed by atoms with Crippen LogP contribution in [0.1, 0.15) is 25.7 Å². The second-order valence-electron chi connectivity index (χ2n) is 7.53. The molecule has 1 saturated carbocycles. The van der Waals surface area contributed by atoms with E-state index in [2.05, 4.69) is 26.2 Å². The average Bonchev–Trinajstić information content (AvgIpc) is 3.40. The van der Waals surface area contributed by atoms with E-state index >= 15 is 0 Å². The minimum atomic E-state index is 0.0688. The van der Waals surface area contributed by atoms with Crippen molar-refractivity contribution in [3.63, 3.8) is 0 Å². The third-order valence-electron chi connectivity index (χ3n) is 5.43. The molecule has 1 aromatic carbocycles. The molecule has 27 heavy (non-hydrogen) atoms. The van der Waals surface area contributed by atoms with Crippen LogP contribution in [-0.2, 0) is 16.1 Å². The predicted octanol–water partition coefficient (Wildman–Crippen LogP) is 2.87. The number of amides is 1. The van der Waals surface area contributed by atoms with Crippen LogP contribution in [0, 0.1) is 11.8 Å². The van der Waals surface area contributed by atoms with Gasteiger partial charge in [-0.25, -0.2) is 4.68 Å². The quantitative estimate of drug-likeness (QED) is 0.667. The van der Waals surface area contributed by atoms with Gasteiger partial charge in [0.2, 0.25) is 5.91 Å². The van der Waals surface area contributed by atoms with Crippen molar-refractivity contribution in [3.8, 4) is 5.75 Å². The van der Waals surface area contributed by atoms with Crippen LogP contribution in [-0.4, -0.2) is 59.2 Å². The lowest BCUT2D eigenvalue weighted by Crippen LogP contribution is -2.41. The van der Waals surface area contributed by atoms with E-state index in [-0.39, 0.29) is 12.5 Å². The van der Waals surface area contributed by atoms with Crippen LogP contribution in [0.2, 0.25) is 0 Å². The van der Waals surface area contributed by atoms with Gasteiger partial charge < -0.3 is 14.4 Å². The summed E-state index contributed by atoms with van der Waals surface area (Å²) >= 11 is 3.64. The van der Waals surface area contributed by atoms with Crippen LogP contribution < -0.4 is 4.74 Å². The van der Waals surface area contributed by atoms with Crippen molar-refractivity contribution in [1.29, 1.82) is 0 Å². The van der Waals surface area contributed by atoms with Gasteiger partial charge >= 0.3 is 0 Å². The van der Waals surface area contributed by atoms with Crippen LogP contribution in [0.15, 0.2) is 16.6 Å². The highest BCUT2D eigenvalue weighted by atomic mass is 79.9. The van der Waals surface area contributed by atoms with E-state index in [1.807, 2.05) is 21.7 Å². The molecule has 4 rings (SSSR count). The Hall–Kier alpha value is -1.67. The molecule has 0 N–H and O–H groups in total. The van der Waals surface area contributed by atoms with Crippen molar-refractivity contribution in [2.24, 2.45) is 11.8 Å². The predicted molar refractivity (Wildman–Crippen MR) is 105 cm³/mol. The first kappa shape index (κ1) is 18.7. The van der Waals surface area contributed by atoms with E-state index < -0.39 is 0 Å². The van der Waals surface area contributed by atoms with Crippen molar-refractivity contribution < 1.29 is 14.3 Å². The number of carbonyl (C=O) groups excluding carboxylic acids is 1. The number of likely N-dealkylation sites (tertiary alicyclic amines) is 1. The van der Waals surface area contributed by atoms with Gasteiger partial charge in [0.15, 0.2) is 0 Å². The number of ether oxygens (including phenoxy) is 2. The molecule has 0 unspecified atom stereocenters. The van der Waals surface area contributed by atoms with Crippen LogP contribution >= 0.6 is 15.9 Å². The van der Waals surface area contributed by atoms with Crippen molar-refractivity contribution in [2.45, 2.75) is 32.2 Å². The standard InChI is InChI=1S/C19H25BrN4O3/c1-26-12-17(25)23-8-6-14(7-9-23)11-27-16-5-4-15-19(18(16)20)21-22-24(15)10-13-2-3-13/h4-5,13-14H,2-3,6-12H2,1H3. The fourth-order valence-corrected chi connectivity index (χ4v) is 4.08. The molecule has 2 aromatic rings. The Kier molecular flexibility index (Phi) is 5.63. The number of piperidine rings is 1. The van der Waals surface area contributed by atoms with E-state index in [1.165, 1.54) is 12.8 Å². The van der Waals surface area contributed by atoms with E-state index in [0.29, 0.717) is 12.5 Å². The molecule has 146 valence electrons. The number of hydrogen-bond donors (Lipinski definition) is 0. The second kappa shape index (κ2) is 8.14. The summed E-state index contributed by atoms with van der Waals surface area (Å²) in [6, 6.07) is 4.04. The highest BCUT2D eigenvalue weighted by molar-refractivity contribution is 9.10. The molecule has 0 atom stereocenters. The smallest absolute Gasteiger partial charge is 0.248 e. The van der Waals surface area contributed by atoms with Crippen LogP contribution in [0.3, 0.4) is 0 Å². The number of halogens is 1. The Balaban J connectivity index is 1.34. The van der Waals surface area contributed by atoms with Crippen molar-refractivity contribution in [2.75, 3.05) is 33.4 Å². The first-order valence-corrected chi connectivity index (χ1v) is 10.4. The average molecular weight is 437 g/mol. The van der Waals surface area contributed by atoms with Crippen molar-refractivity contribution in [1.82, 2.24) is 19.9 Å². The number of rotatable bonds is 7. The van der Waals surface area contributed by atoms with E-state index in [0.717, 1.165) is 59.6 Å². The van der Waals surface area contributed by atoms with Gasteiger partial charge in [0.05, 0.1) is 16.6 Å². The number of methoxy groups -OCH3 is 1. The number of aromatic nitrogens is 3. The molecular weight excluding hydrogens is 412 g/mol. The Morgan fingerprint density at radius 1 is 1.22 bits per heavy atom. The van der Waals surface area contributed by atoms with Gasteiger partial charge in [0, 0.05) is 26.7 Å². The molecule has 0 spiro atoms. The fraction of sp³-hybridized carbons (Fsp3) is 0.632. The van der Waals surface area contributed by atoms with E-state index in [4.69, 9.17) is 9.47 Å². The highest BCUT2D eigenvalue weighted by Gasteiger charge is 2.25. The normalized spacial score (nSPS) is 18.2. The van der Waals surface area contributed by atoms with Crippen molar-refractivity contribution >= 4 is 32.9 Å². The third-order valence-corrected chi connectivity index (χ3v) is 6.19. The number of hydrogen-bond acceptors (Lipinski definition) is 5. The lowest BCUT2D eigenvalue weighted by Gasteiger charge is -2.31. The minimum absolute atomic E-state index is 0.0688. The summed E-state index contributed by atoms with van der Waals surface area (Å²) in [6.07, 6.45) is 4.49. The van der Waals surface area contributed by atoms with Gasteiger partial charge in [-0.15, -0.1) is 5.10 Å². The number of benzene rings is 1. The molecule has 1 amide bonds. The summed E-state index contributed by atoms with van der Waals surface area (Å²) < 4.78 is 13.9. The van der Waals surface area contributed by atoms with Crippen molar-refractivity contribution in [3.05, 3.63) is 16.6 Å². The van der Waals surface area contributed by atoms with Gasteiger partial charge in [0.25, 0.3) is 0 Å². The first-order valence-electron chi connectivity index (χ1n) is 9.57. The molecule has 1 aliphatic carbocycles. The second-order valence-corrected chi connectivity index (χ2v) is 8.32. The molecule has 1 aromatic heterocycles.